The van der Waals surface area contributed by atoms with E-state index < -0.39 is 10.0 Å². The van der Waals surface area contributed by atoms with Gasteiger partial charge in [0.2, 0.25) is 10.0 Å². The van der Waals surface area contributed by atoms with Crippen LogP contribution >= 0.6 is 0 Å². The van der Waals surface area contributed by atoms with Crippen molar-refractivity contribution >= 4 is 10.0 Å². The molecule has 0 radical (unpaired) electrons. The summed E-state index contributed by atoms with van der Waals surface area (Å²) in [6.45, 7) is 3.95. The van der Waals surface area contributed by atoms with Gasteiger partial charge in [-0.25, -0.2) is 18.1 Å². The second-order valence-corrected chi connectivity index (χ2v) is 7.79. The van der Waals surface area contributed by atoms with E-state index in [0.29, 0.717) is 23.8 Å². The van der Waals surface area contributed by atoms with Crippen LogP contribution < -0.4 is 4.72 Å². The third-order valence-corrected chi connectivity index (χ3v) is 5.73. The molecule has 1 heterocycles. The zero-order valence-corrected chi connectivity index (χ0v) is 14.4. The van der Waals surface area contributed by atoms with E-state index >= 15 is 0 Å². The fourth-order valence-corrected chi connectivity index (χ4v) is 4.15. The van der Waals surface area contributed by atoms with Crippen LogP contribution in [-0.4, -0.2) is 19.9 Å². The molecule has 3 rings (SSSR count). The van der Waals surface area contributed by atoms with Gasteiger partial charge in [-0.15, -0.1) is 0 Å². The number of aromatic nitrogens is 1. The number of nitrogens with zero attached hydrogens (tertiary/aromatic N) is 1. The minimum atomic E-state index is -3.48. The molecule has 6 heteroatoms. The number of nitrogens with one attached hydrogen (secondary N) is 1. The zero-order chi connectivity index (χ0) is 16.4. The van der Waals surface area contributed by atoms with Crippen molar-refractivity contribution in [3.63, 3.8) is 0 Å². The third kappa shape index (κ3) is 3.64. The first-order chi connectivity index (χ1) is 11.0. The predicted octanol–water partition coefficient (Wildman–Crippen LogP) is 2.69. The first kappa shape index (κ1) is 16.2. The molecular formula is C17H22N2O3S. The first-order valence-corrected chi connectivity index (χ1v) is 9.48. The maximum Gasteiger partial charge on any atom is 0.240 e. The number of hydrogen-bond acceptors (Lipinski definition) is 4. The lowest BCUT2D eigenvalue weighted by Crippen LogP contribution is -2.26. The Labute approximate surface area is 137 Å². The second kappa shape index (κ2) is 6.45. The maximum atomic E-state index is 12.4. The van der Waals surface area contributed by atoms with Gasteiger partial charge in [-0.05, 0) is 55.9 Å². The van der Waals surface area contributed by atoms with E-state index in [1.165, 1.54) is 17.5 Å². The fraction of sp³-hybridized carbons (Fsp3) is 0.471. The molecule has 23 heavy (non-hydrogen) atoms. The molecule has 0 aliphatic heterocycles. The minimum Gasteiger partial charge on any atom is -0.446 e. The van der Waals surface area contributed by atoms with Crippen LogP contribution in [0.2, 0.25) is 0 Å². The van der Waals surface area contributed by atoms with E-state index in [1.54, 1.807) is 13.0 Å². The summed E-state index contributed by atoms with van der Waals surface area (Å²) in [5, 5.41) is 0. The van der Waals surface area contributed by atoms with Crippen molar-refractivity contribution in [2.45, 2.75) is 50.8 Å². The Morgan fingerprint density at radius 2 is 1.91 bits per heavy atom. The van der Waals surface area contributed by atoms with Crippen molar-refractivity contribution in [3.8, 4) is 0 Å². The van der Waals surface area contributed by atoms with Gasteiger partial charge in [-0.3, -0.25) is 0 Å². The van der Waals surface area contributed by atoms with Gasteiger partial charge in [-0.2, -0.15) is 0 Å². The number of benzene rings is 1. The van der Waals surface area contributed by atoms with Crippen LogP contribution in [0.25, 0.3) is 0 Å². The standard InChI is InChI=1S/C17H22N2O3S/c1-12-17(22-13(2)19-12)9-10-18-23(20,21)16-8-7-14-5-3-4-6-15(14)11-16/h7-8,11,18H,3-6,9-10H2,1-2H3. The van der Waals surface area contributed by atoms with Crippen molar-refractivity contribution in [1.82, 2.24) is 9.71 Å². The van der Waals surface area contributed by atoms with E-state index in [2.05, 4.69) is 9.71 Å². The van der Waals surface area contributed by atoms with Gasteiger partial charge in [-0.1, -0.05) is 6.07 Å². The average molecular weight is 334 g/mol. The van der Waals surface area contributed by atoms with Gasteiger partial charge < -0.3 is 4.42 Å². The van der Waals surface area contributed by atoms with Crippen LogP contribution in [0.1, 0.15) is 41.3 Å². The van der Waals surface area contributed by atoms with Crippen LogP contribution in [0.5, 0.6) is 0 Å². The molecule has 1 aromatic heterocycles. The molecule has 0 amide bonds. The van der Waals surface area contributed by atoms with Gasteiger partial charge >= 0.3 is 0 Å². The average Bonchev–Trinajstić information content (AvgIpc) is 2.84. The molecule has 0 fully saturated rings. The molecule has 124 valence electrons. The van der Waals surface area contributed by atoms with Crippen molar-refractivity contribution in [1.29, 1.82) is 0 Å². The summed E-state index contributed by atoms with van der Waals surface area (Å²) < 4.78 is 33.0. The lowest BCUT2D eigenvalue weighted by atomic mass is 9.92. The summed E-state index contributed by atoms with van der Waals surface area (Å²) >= 11 is 0. The smallest absolute Gasteiger partial charge is 0.240 e. The third-order valence-electron chi connectivity index (χ3n) is 4.27. The van der Waals surface area contributed by atoms with E-state index in [1.807, 2.05) is 19.1 Å². The highest BCUT2D eigenvalue weighted by Gasteiger charge is 2.18. The topological polar surface area (TPSA) is 72.2 Å². The Morgan fingerprint density at radius 1 is 1.17 bits per heavy atom. The Kier molecular flexibility index (Phi) is 4.55. The van der Waals surface area contributed by atoms with Crippen molar-refractivity contribution < 1.29 is 12.8 Å². The highest BCUT2D eigenvalue weighted by molar-refractivity contribution is 7.89. The van der Waals surface area contributed by atoms with Crippen molar-refractivity contribution in [2.75, 3.05) is 6.54 Å². The Bertz CT molecular complexity index is 809. The highest BCUT2D eigenvalue weighted by Crippen LogP contribution is 2.24. The second-order valence-electron chi connectivity index (χ2n) is 6.03. The van der Waals surface area contributed by atoms with Crippen LogP contribution in [0, 0.1) is 13.8 Å². The quantitative estimate of drug-likeness (QED) is 0.912. The Hall–Kier alpha value is -1.66. The number of fused-ring (bicyclic) bond motifs is 1. The lowest BCUT2D eigenvalue weighted by molar-refractivity contribution is 0.472. The van der Waals surface area contributed by atoms with Crippen molar-refractivity contribution in [3.05, 3.63) is 46.7 Å². The normalized spacial score (nSPS) is 14.7. The van der Waals surface area contributed by atoms with Crippen LogP contribution in [0.4, 0.5) is 0 Å². The lowest BCUT2D eigenvalue weighted by Gasteiger charge is -2.16. The van der Waals surface area contributed by atoms with Gasteiger partial charge in [0.1, 0.15) is 5.76 Å². The number of oxazole rings is 1. The van der Waals surface area contributed by atoms with Gasteiger partial charge in [0.15, 0.2) is 5.89 Å². The fourth-order valence-electron chi connectivity index (χ4n) is 3.06. The molecule has 0 bridgehead atoms. The van der Waals surface area contributed by atoms with Crippen LogP contribution in [0.3, 0.4) is 0 Å². The number of hydrogen-bond donors (Lipinski definition) is 1. The Morgan fingerprint density at radius 3 is 2.61 bits per heavy atom. The molecule has 0 saturated carbocycles. The summed E-state index contributed by atoms with van der Waals surface area (Å²) in [6.07, 6.45) is 4.83. The number of rotatable bonds is 5. The maximum absolute atomic E-state index is 12.4. The van der Waals surface area contributed by atoms with Gasteiger partial charge in [0.05, 0.1) is 10.6 Å². The molecule has 1 N–H and O–H groups in total. The SMILES string of the molecule is Cc1nc(C)c(CCNS(=O)(=O)c2ccc3c(c2)CCCC3)o1. The number of aryl methyl sites for hydroxylation is 4. The zero-order valence-electron chi connectivity index (χ0n) is 13.6. The molecule has 0 atom stereocenters. The Balaban J connectivity index is 1.68. The predicted molar refractivity (Wildman–Crippen MR) is 88.0 cm³/mol. The molecular weight excluding hydrogens is 312 g/mol. The van der Waals surface area contributed by atoms with Crippen LogP contribution in [0.15, 0.2) is 27.5 Å². The van der Waals surface area contributed by atoms with E-state index in [4.69, 9.17) is 4.42 Å². The summed E-state index contributed by atoms with van der Waals surface area (Å²) in [5.74, 6) is 1.34. The largest absolute Gasteiger partial charge is 0.446 e. The minimum absolute atomic E-state index is 0.300. The summed E-state index contributed by atoms with van der Waals surface area (Å²) in [4.78, 5) is 4.54. The van der Waals surface area contributed by atoms with E-state index in [0.717, 1.165) is 30.7 Å². The summed E-state index contributed by atoms with van der Waals surface area (Å²) in [6, 6.07) is 5.48. The van der Waals surface area contributed by atoms with Gasteiger partial charge in [0.25, 0.3) is 0 Å². The molecule has 1 aliphatic rings. The molecule has 1 aliphatic carbocycles. The first-order valence-electron chi connectivity index (χ1n) is 8.00. The molecule has 2 aromatic rings. The van der Waals surface area contributed by atoms with Crippen molar-refractivity contribution in [2.24, 2.45) is 0 Å². The summed E-state index contributed by atoms with van der Waals surface area (Å²) in [7, 11) is -3.48. The van der Waals surface area contributed by atoms with E-state index in [-0.39, 0.29) is 0 Å². The van der Waals surface area contributed by atoms with E-state index in [9.17, 15) is 8.42 Å². The monoisotopic (exact) mass is 334 g/mol. The molecule has 5 nitrogen and oxygen atoms in total. The highest BCUT2D eigenvalue weighted by atomic mass is 32.2. The molecule has 1 aromatic carbocycles. The molecule has 0 spiro atoms. The number of sulfonamides is 1. The van der Waals surface area contributed by atoms with Crippen LogP contribution in [-0.2, 0) is 29.3 Å². The molecule has 0 unspecified atom stereocenters. The van der Waals surface area contributed by atoms with Gasteiger partial charge in [0, 0.05) is 19.9 Å². The molecule has 0 saturated heterocycles. The summed E-state index contributed by atoms with van der Waals surface area (Å²) in [5.41, 5.74) is 3.26.